The molecule has 104 valence electrons. The third-order valence-corrected chi connectivity index (χ3v) is 5.72. The van der Waals surface area contributed by atoms with Gasteiger partial charge in [0.2, 0.25) is 0 Å². The maximum atomic E-state index is 10.2. The van der Waals surface area contributed by atoms with Crippen LogP contribution < -0.4 is 0 Å². The van der Waals surface area contributed by atoms with E-state index in [-0.39, 0.29) is 5.92 Å². The van der Waals surface area contributed by atoms with Crippen LogP contribution in [0.3, 0.4) is 0 Å². The number of rotatable bonds is 0. The zero-order chi connectivity index (χ0) is 14.7. The predicted molar refractivity (Wildman–Crippen MR) is 87.2 cm³/mol. The van der Waals surface area contributed by atoms with E-state index in [1.54, 1.807) is 0 Å². The normalized spacial score (nSPS) is 32.8. The summed E-state index contributed by atoms with van der Waals surface area (Å²) in [6.07, 6.45) is 8.75. The van der Waals surface area contributed by atoms with Crippen LogP contribution in [0.5, 0.6) is 0 Å². The Balaban J connectivity index is 1.87. The molecule has 0 N–H and O–H groups in total. The summed E-state index contributed by atoms with van der Waals surface area (Å²) in [6, 6.07) is 19.8. The molecular formula is C21H15N. The fourth-order valence-corrected chi connectivity index (χ4v) is 4.89. The van der Waals surface area contributed by atoms with Crippen LogP contribution in [0.1, 0.15) is 17.0 Å². The van der Waals surface area contributed by atoms with Crippen molar-refractivity contribution in [3.8, 4) is 17.2 Å². The highest BCUT2D eigenvalue weighted by Gasteiger charge is 2.64. The molecule has 2 aromatic carbocycles. The Morgan fingerprint density at radius 2 is 1.59 bits per heavy atom. The number of benzene rings is 2. The van der Waals surface area contributed by atoms with E-state index in [2.05, 4.69) is 78.9 Å². The molecule has 0 spiro atoms. The molecule has 2 aromatic rings. The van der Waals surface area contributed by atoms with Gasteiger partial charge in [-0.15, -0.1) is 0 Å². The number of hydrogen-bond acceptors (Lipinski definition) is 1. The van der Waals surface area contributed by atoms with Crippen LogP contribution in [0.4, 0.5) is 0 Å². The van der Waals surface area contributed by atoms with Crippen molar-refractivity contribution >= 4 is 0 Å². The van der Waals surface area contributed by atoms with Gasteiger partial charge in [0.05, 0.1) is 11.5 Å². The van der Waals surface area contributed by atoms with Gasteiger partial charge in [0, 0.05) is 11.8 Å². The highest BCUT2D eigenvalue weighted by Crippen LogP contribution is 2.68. The molecule has 1 fully saturated rings. The quantitative estimate of drug-likeness (QED) is 0.693. The molecule has 1 heteroatoms. The van der Waals surface area contributed by atoms with E-state index in [1.165, 1.54) is 22.3 Å². The average Bonchev–Trinajstić information content (AvgIpc) is 2.58. The Morgan fingerprint density at radius 3 is 2.45 bits per heavy atom. The zero-order valence-electron chi connectivity index (χ0n) is 12.1. The van der Waals surface area contributed by atoms with Gasteiger partial charge in [-0.1, -0.05) is 72.8 Å². The maximum absolute atomic E-state index is 10.2. The van der Waals surface area contributed by atoms with Crippen LogP contribution in [0.25, 0.3) is 11.1 Å². The minimum atomic E-state index is -0.406. The standard InChI is InChI=1S/C21H15N/c22-13-21-18-11-5-3-8-15(18)14-7-1-2-9-16(14)20(21)17-10-4-6-12-19(17)21/h1-12,17,19-20H/t17-,19+,20+,21-/m1/s1. The molecule has 0 aliphatic heterocycles. The molecule has 1 saturated carbocycles. The highest BCUT2D eigenvalue weighted by atomic mass is 14.7. The lowest BCUT2D eigenvalue weighted by molar-refractivity contribution is 0.106. The number of allylic oxidation sites excluding steroid dienone is 4. The summed E-state index contributed by atoms with van der Waals surface area (Å²) >= 11 is 0. The van der Waals surface area contributed by atoms with E-state index in [1.807, 2.05) is 0 Å². The first-order chi connectivity index (χ1) is 10.9. The summed E-state index contributed by atoms with van der Waals surface area (Å²) in [4.78, 5) is 0. The Morgan fingerprint density at radius 1 is 0.864 bits per heavy atom. The molecular weight excluding hydrogens is 266 g/mol. The fraction of sp³-hybridized carbons (Fsp3) is 0.190. The summed E-state index contributed by atoms with van der Waals surface area (Å²) in [7, 11) is 0. The second-order valence-corrected chi connectivity index (χ2v) is 6.46. The summed E-state index contributed by atoms with van der Waals surface area (Å²) in [5.41, 5.74) is 4.68. The van der Waals surface area contributed by atoms with E-state index in [0.717, 1.165) is 0 Å². The van der Waals surface area contributed by atoms with Crippen LogP contribution in [0.15, 0.2) is 72.8 Å². The van der Waals surface area contributed by atoms with E-state index < -0.39 is 5.41 Å². The summed E-state index contributed by atoms with van der Waals surface area (Å²) in [5.74, 6) is 1.01. The lowest BCUT2D eigenvalue weighted by Gasteiger charge is -2.60. The minimum absolute atomic E-state index is 0.273. The lowest BCUT2D eigenvalue weighted by Crippen LogP contribution is -2.58. The SMILES string of the molecule is N#C[C@]12c3ccccc3-c3ccccc3[C@H]1[C@@H]1C=CC=C[C@@H]12. The monoisotopic (exact) mass is 281 g/mol. The van der Waals surface area contributed by atoms with Crippen molar-refractivity contribution in [2.45, 2.75) is 11.3 Å². The topological polar surface area (TPSA) is 23.8 Å². The van der Waals surface area contributed by atoms with Crippen LogP contribution >= 0.6 is 0 Å². The summed E-state index contributed by atoms with van der Waals surface area (Å²) < 4.78 is 0. The van der Waals surface area contributed by atoms with Crippen molar-refractivity contribution in [1.82, 2.24) is 0 Å². The number of nitrogens with zero attached hydrogens (tertiary/aromatic N) is 1. The third-order valence-electron chi connectivity index (χ3n) is 5.72. The number of hydrogen-bond donors (Lipinski definition) is 0. The molecule has 4 atom stereocenters. The fourth-order valence-electron chi connectivity index (χ4n) is 4.89. The lowest BCUT2D eigenvalue weighted by atomic mass is 9.40. The first-order valence-electron chi connectivity index (χ1n) is 7.83. The Labute approximate surface area is 130 Å². The zero-order valence-corrected chi connectivity index (χ0v) is 12.1. The van der Waals surface area contributed by atoms with Gasteiger partial charge in [-0.25, -0.2) is 0 Å². The third kappa shape index (κ3) is 1.17. The Kier molecular flexibility index (Phi) is 2.18. The molecule has 5 rings (SSSR count). The summed E-state index contributed by atoms with van der Waals surface area (Å²) in [5, 5.41) is 10.2. The summed E-state index contributed by atoms with van der Waals surface area (Å²) in [6.45, 7) is 0. The molecule has 0 bridgehead atoms. The van der Waals surface area contributed by atoms with Crippen LogP contribution in [0, 0.1) is 23.2 Å². The van der Waals surface area contributed by atoms with Gasteiger partial charge in [0.15, 0.2) is 0 Å². The van der Waals surface area contributed by atoms with Gasteiger partial charge in [-0.05, 0) is 28.2 Å². The largest absolute Gasteiger partial charge is 0.197 e. The van der Waals surface area contributed by atoms with Crippen molar-refractivity contribution in [2.24, 2.45) is 11.8 Å². The van der Waals surface area contributed by atoms with Crippen LogP contribution in [-0.2, 0) is 5.41 Å². The molecule has 22 heavy (non-hydrogen) atoms. The van der Waals surface area contributed by atoms with Gasteiger partial charge >= 0.3 is 0 Å². The Bertz CT molecular complexity index is 883. The Hall–Kier alpha value is -2.59. The molecule has 0 saturated heterocycles. The van der Waals surface area contributed by atoms with Crippen molar-refractivity contribution in [2.75, 3.05) is 0 Å². The van der Waals surface area contributed by atoms with E-state index in [9.17, 15) is 5.26 Å². The van der Waals surface area contributed by atoms with E-state index in [4.69, 9.17) is 0 Å². The molecule has 0 heterocycles. The minimum Gasteiger partial charge on any atom is -0.197 e. The second kappa shape index (κ2) is 3.99. The van der Waals surface area contributed by atoms with Crippen LogP contribution in [-0.4, -0.2) is 0 Å². The number of fused-ring (bicyclic) bond motifs is 9. The van der Waals surface area contributed by atoms with Gasteiger partial charge in [0.1, 0.15) is 0 Å². The van der Waals surface area contributed by atoms with Crippen LogP contribution in [0.2, 0.25) is 0 Å². The maximum Gasteiger partial charge on any atom is 0.0970 e. The number of nitriles is 1. The second-order valence-electron chi connectivity index (χ2n) is 6.46. The van der Waals surface area contributed by atoms with Crippen molar-refractivity contribution in [1.29, 1.82) is 5.26 Å². The predicted octanol–water partition coefficient (Wildman–Crippen LogP) is 4.58. The highest BCUT2D eigenvalue weighted by molar-refractivity contribution is 5.79. The average molecular weight is 281 g/mol. The van der Waals surface area contributed by atoms with E-state index >= 15 is 0 Å². The first-order valence-corrected chi connectivity index (χ1v) is 7.83. The van der Waals surface area contributed by atoms with Gasteiger partial charge < -0.3 is 0 Å². The molecule has 0 unspecified atom stereocenters. The van der Waals surface area contributed by atoms with Gasteiger partial charge in [-0.3, -0.25) is 0 Å². The molecule has 0 radical (unpaired) electrons. The molecule has 0 amide bonds. The smallest absolute Gasteiger partial charge is 0.0970 e. The van der Waals surface area contributed by atoms with Crippen molar-refractivity contribution in [3.63, 3.8) is 0 Å². The first kappa shape index (κ1) is 12.0. The van der Waals surface area contributed by atoms with E-state index in [0.29, 0.717) is 11.8 Å². The molecule has 3 aliphatic rings. The molecule has 3 aliphatic carbocycles. The van der Waals surface area contributed by atoms with Gasteiger partial charge in [0.25, 0.3) is 0 Å². The van der Waals surface area contributed by atoms with Crippen molar-refractivity contribution in [3.05, 3.63) is 84.0 Å². The molecule has 1 nitrogen and oxygen atoms in total. The van der Waals surface area contributed by atoms with Crippen molar-refractivity contribution < 1.29 is 0 Å². The molecule has 0 aromatic heterocycles. The van der Waals surface area contributed by atoms with Gasteiger partial charge in [-0.2, -0.15) is 5.26 Å².